The first-order valence-electron chi connectivity index (χ1n) is 28.8. The lowest BCUT2D eigenvalue weighted by Crippen LogP contribution is -2.40. The maximum Gasteiger partial charge on any atom is 0.416 e. The van der Waals surface area contributed by atoms with Crippen LogP contribution in [0.5, 0.6) is 0 Å². The molecule has 3 aromatic carbocycles. The van der Waals surface area contributed by atoms with Crippen molar-refractivity contribution in [2.75, 3.05) is 7.11 Å². The predicted molar refractivity (Wildman–Crippen MR) is 354 cm³/mol. The summed E-state index contributed by atoms with van der Waals surface area (Å²) in [6, 6.07) is 6.76. The second-order valence-electron chi connectivity index (χ2n) is 21.8. The van der Waals surface area contributed by atoms with E-state index in [4.69, 9.17) is 10.2 Å². The number of halogens is 9. The van der Waals surface area contributed by atoms with Gasteiger partial charge in [-0.3, -0.25) is 38.4 Å². The molecule has 0 saturated heterocycles. The molecule has 24 nitrogen and oxygen atoms in total. The Balaban J connectivity index is 0.000000162. The number of benzene rings is 3. The van der Waals surface area contributed by atoms with Crippen LogP contribution in [0.1, 0.15) is 69.6 Å². The summed E-state index contributed by atoms with van der Waals surface area (Å²) in [7, 11) is 1.21. The van der Waals surface area contributed by atoms with E-state index < -0.39 is 106 Å². The highest BCUT2D eigenvalue weighted by molar-refractivity contribution is 7.19. The Morgan fingerprint density at radius 3 is 0.980 bits per heavy atom. The highest BCUT2D eigenvalue weighted by atomic mass is 32.1. The first-order valence-corrected chi connectivity index (χ1v) is 34.1. The van der Waals surface area contributed by atoms with Crippen LogP contribution in [0, 0.1) is 0 Å². The zero-order valence-electron chi connectivity index (χ0n) is 51.5. The molecular formula is C61H47F9N12O12S6. The van der Waals surface area contributed by atoms with Crippen LogP contribution in [0.3, 0.4) is 0 Å². The number of alkyl halides is 9. The summed E-state index contributed by atoms with van der Waals surface area (Å²) in [6.45, 7) is 3.88. The van der Waals surface area contributed by atoms with E-state index in [0.29, 0.717) is 67.1 Å². The van der Waals surface area contributed by atoms with Gasteiger partial charge in [0.15, 0.2) is 0 Å². The summed E-state index contributed by atoms with van der Waals surface area (Å²) in [6.07, 6.45) is -14.2. The highest BCUT2D eigenvalue weighted by Crippen LogP contribution is 2.36. The molecule has 0 saturated carbocycles. The molecule has 3 atom stereocenters. The Morgan fingerprint density at radius 2 is 0.720 bits per heavy atom. The number of carbonyl (C=O) groups excluding carboxylic acids is 4. The number of hydrogen-bond donors (Lipinski definition) is 5. The van der Waals surface area contributed by atoms with Crippen LogP contribution in [0.15, 0.2) is 101 Å². The highest BCUT2D eigenvalue weighted by Gasteiger charge is 2.34. The summed E-state index contributed by atoms with van der Waals surface area (Å²) in [5, 5.41) is 51.6. The monoisotopic (exact) mass is 1500 g/mol. The third-order valence-corrected chi connectivity index (χ3v) is 19.9. The smallest absolute Gasteiger partial charge is 0.416 e. The van der Waals surface area contributed by atoms with E-state index >= 15 is 0 Å². The van der Waals surface area contributed by atoms with E-state index in [-0.39, 0.29) is 66.8 Å². The summed E-state index contributed by atoms with van der Waals surface area (Å²) in [4.78, 5) is 122. The molecule has 3 amide bonds. The fourth-order valence-electron chi connectivity index (χ4n) is 9.66. The van der Waals surface area contributed by atoms with Crippen molar-refractivity contribution < 1.29 is 83.2 Å². The van der Waals surface area contributed by atoms with Gasteiger partial charge in [0.2, 0.25) is 17.7 Å². The number of amides is 3. The van der Waals surface area contributed by atoms with Crippen LogP contribution in [-0.4, -0.2) is 115 Å². The number of carboxylic acid groups (broad SMARTS) is 2. The van der Waals surface area contributed by atoms with E-state index in [2.05, 4.69) is 50.9 Å². The Morgan fingerprint density at radius 1 is 0.450 bits per heavy atom. The number of thiophene rings is 3. The van der Waals surface area contributed by atoms with Crippen LogP contribution < -0.4 is 32.6 Å². The van der Waals surface area contributed by atoms with Crippen molar-refractivity contribution in [3.63, 3.8) is 0 Å². The molecule has 9 heterocycles. The van der Waals surface area contributed by atoms with Crippen molar-refractivity contribution in [3.8, 4) is 0 Å². The molecule has 0 bridgehead atoms. The number of thiazole rings is 3. The molecule has 12 rings (SSSR count). The van der Waals surface area contributed by atoms with Crippen LogP contribution in [0.2, 0.25) is 0 Å². The molecule has 3 unspecified atom stereocenters. The lowest BCUT2D eigenvalue weighted by atomic mass is 10.1. The number of nitrogens with one attached hydrogen (secondary N) is 3. The Labute approximate surface area is 576 Å². The first-order chi connectivity index (χ1) is 47.1. The van der Waals surface area contributed by atoms with Gasteiger partial charge in [0, 0.05) is 48.4 Å². The number of rotatable bonds is 18. The van der Waals surface area contributed by atoms with Crippen molar-refractivity contribution in [1.29, 1.82) is 0 Å². The number of nitrogens with zero attached hydrogens (tertiary/aromatic N) is 9. The minimum Gasteiger partial charge on any atom is -0.480 e. The molecule has 100 heavy (non-hydrogen) atoms. The number of esters is 1. The summed E-state index contributed by atoms with van der Waals surface area (Å²) in [5.41, 5.74) is -2.30. The summed E-state index contributed by atoms with van der Waals surface area (Å²) >= 11 is 7.21. The average Bonchev–Trinajstić information content (AvgIpc) is 1.60. The molecule has 522 valence electrons. The third-order valence-electron chi connectivity index (χ3n) is 14.6. The Hall–Kier alpha value is -9.96. The number of ether oxygens (including phenoxy) is 1. The summed E-state index contributed by atoms with van der Waals surface area (Å²) in [5.74, 6) is -4.61. The lowest BCUT2D eigenvalue weighted by molar-refractivity contribution is -0.144. The van der Waals surface area contributed by atoms with Crippen LogP contribution in [-0.2, 0) is 90.9 Å². The number of aliphatic carboxylic acids is 2. The van der Waals surface area contributed by atoms with Crippen LogP contribution >= 0.6 is 68.0 Å². The van der Waals surface area contributed by atoms with Gasteiger partial charge < -0.3 is 30.9 Å². The second kappa shape index (κ2) is 29.5. The third kappa shape index (κ3) is 16.8. The van der Waals surface area contributed by atoms with E-state index in [1.54, 1.807) is 32.3 Å². The van der Waals surface area contributed by atoms with Crippen molar-refractivity contribution >= 4 is 167 Å². The van der Waals surface area contributed by atoms with Gasteiger partial charge in [-0.25, -0.2) is 33.8 Å². The molecule has 0 spiro atoms. The van der Waals surface area contributed by atoms with E-state index in [1.807, 2.05) is 0 Å². The molecule has 0 aliphatic rings. The van der Waals surface area contributed by atoms with Gasteiger partial charge in [0.1, 0.15) is 33.1 Å². The number of aromatic nitrogens is 9. The van der Waals surface area contributed by atoms with Crippen molar-refractivity contribution in [2.24, 2.45) is 0 Å². The van der Waals surface area contributed by atoms with Gasteiger partial charge in [-0.1, -0.05) is 0 Å². The molecule has 0 fully saturated rings. The van der Waals surface area contributed by atoms with E-state index in [0.717, 1.165) is 84.5 Å². The molecular weight excluding hydrogens is 1460 g/mol. The van der Waals surface area contributed by atoms with E-state index in [1.165, 1.54) is 80.1 Å². The molecule has 0 radical (unpaired) electrons. The number of carbonyl (C=O) groups is 6. The molecule has 5 N–H and O–H groups in total. The maximum atomic E-state index is 13.0. The zero-order chi connectivity index (χ0) is 72.4. The minimum absolute atomic E-state index is 0.0709. The molecule has 12 aromatic rings. The zero-order valence-corrected chi connectivity index (χ0v) is 56.4. The number of hydrogen-bond acceptors (Lipinski definition) is 22. The summed E-state index contributed by atoms with van der Waals surface area (Å²) < 4.78 is 126. The predicted octanol–water partition coefficient (Wildman–Crippen LogP) is 9.89. The van der Waals surface area contributed by atoms with Crippen LogP contribution in [0.25, 0.3) is 63.0 Å². The van der Waals surface area contributed by atoms with Gasteiger partial charge in [0.05, 0.1) is 127 Å². The Bertz CT molecular complexity index is 5160. The largest absolute Gasteiger partial charge is 0.480 e. The normalized spacial score (nSPS) is 12.8. The van der Waals surface area contributed by atoms with Crippen molar-refractivity contribution in [1.82, 2.24) is 60.2 Å². The number of fused-ring (bicyclic) bond motifs is 6. The van der Waals surface area contributed by atoms with E-state index in [9.17, 15) is 82.7 Å². The van der Waals surface area contributed by atoms with Gasteiger partial charge in [0.25, 0.3) is 16.7 Å². The first kappa shape index (κ1) is 72.8. The van der Waals surface area contributed by atoms with Crippen molar-refractivity contribution in [2.45, 2.75) is 96.3 Å². The standard InChI is InChI=1S/C21H17F3N4O4S2.2C20H15F3N4O4S2/c1-10(20(31)32-2)25-17(29)6-14-12-8-33-9-13(12)19(30)28(27-14)7-18-26-15-5-11(21(22,23)24)3-4-16(15)34-18;2*1-9(19(30)31)24-16(28)5-13-11-7-32-8-12(11)18(29)27(26-13)6-17-25-14-4-10(20(21,22)23)2-3-15(14)33-17/h3-5,8-10H,6-7H2,1-2H3,(H,25,29);2*2-4,7-9H,5-6H2,1H3,(H,24,28)(H,30,31). The fourth-order valence-corrected chi connectivity index (χ4v) is 14.9. The SMILES string of the molecule is CC(NC(=O)Cc1nn(Cc2nc3cc(C(F)(F)F)ccc3s2)c(=O)c2cscc12)C(=O)O.CC(NC(=O)Cc1nn(Cc2nc3cc(C(F)(F)F)ccc3s2)c(=O)c2cscc12)C(=O)O.COC(=O)C(C)NC(=O)Cc1nn(Cc2nc3cc(C(F)(F)F)ccc3s2)c(=O)c2cscc12. The fraction of sp³-hybridized carbons (Fsp3) is 0.262. The van der Waals surface area contributed by atoms with Gasteiger partial charge in [-0.15, -0.1) is 34.0 Å². The van der Waals surface area contributed by atoms with Gasteiger partial charge in [-0.05, 0) is 75.4 Å². The molecule has 39 heteroatoms. The van der Waals surface area contributed by atoms with Gasteiger partial charge >= 0.3 is 36.4 Å². The average molecular weight is 1500 g/mol. The molecule has 0 aliphatic carbocycles. The molecule has 0 aliphatic heterocycles. The van der Waals surface area contributed by atoms with Crippen molar-refractivity contribution in [3.05, 3.63) is 167 Å². The van der Waals surface area contributed by atoms with Gasteiger partial charge in [-0.2, -0.15) is 88.8 Å². The number of carboxylic acids is 2. The maximum absolute atomic E-state index is 13.0. The lowest BCUT2D eigenvalue weighted by Gasteiger charge is -2.12. The second-order valence-corrected chi connectivity index (χ2v) is 27.4. The quantitative estimate of drug-likeness (QED) is 0.0394. The topological polar surface area (TPSA) is 332 Å². The number of methoxy groups -OCH3 is 1. The Kier molecular flexibility index (Phi) is 21.4. The minimum atomic E-state index is -4.49. The molecule has 9 aromatic heterocycles. The van der Waals surface area contributed by atoms with Crippen LogP contribution in [0.4, 0.5) is 39.5 Å².